The SMILES string of the molecule is CC(C)(C)c1ccc([C@H](O)CCC[N+]2(O)CCC(C(O)(c3ccccc3)c3ccccc3)CC2)cc1. The van der Waals surface area contributed by atoms with Crippen molar-refractivity contribution in [3.63, 3.8) is 0 Å². The van der Waals surface area contributed by atoms with E-state index in [4.69, 9.17) is 0 Å². The minimum Gasteiger partial charge on any atom is -0.388 e. The fraction of sp³-hybridized carbons (Fsp3) is 0.438. The summed E-state index contributed by atoms with van der Waals surface area (Å²) in [5.74, 6) is 0.0209. The Hall–Kier alpha value is -2.50. The van der Waals surface area contributed by atoms with Gasteiger partial charge in [0.05, 0.1) is 6.10 Å². The van der Waals surface area contributed by atoms with Crippen LogP contribution in [0.4, 0.5) is 0 Å². The van der Waals surface area contributed by atoms with Crippen LogP contribution in [0, 0.1) is 5.92 Å². The largest absolute Gasteiger partial charge is 0.388 e. The molecule has 4 nitrogen and oxygen atoms in total. The van der Waals surface area contributed by atoms with Crippen molar-refractivity contribution in [3.05, 3.63) is 107 Å². The lowest BCUT2D eigenvalue weighted by Gasteiger charge is -2.44. The van der Waals surface area contributed by atoms with E-state index in [0.29, 0.717) is 26.1 Å². The van der Waals surface area contributed by atoms with Gasteiger partial charge in [-0.25, -0.2) is 5.21 Å². The van der Waals surface area contributed by atoms with Gasteiger partial charge >= 0.3 is 0 Å². The summed E-state index contributed by atoms with van der Waals surface area (Å²) in [4.78, 5) is 0. The third kappa shape index (κ3) is 5.90. The van der Waals surface area contributed by atoms with Crippen LogP contribution in [0.1, 0.15) is 74.8 Å². The average molecular weight is 489 g/mol. The van der Waals surface area contributed by atoms with Crippen molar-refractivity contribution in [2.24, 2.45) is 5.92 Å². The maximum atomic E-state index is 12.1. The number of quaternary nitrogens is 1. The Labute approximate surface area is 216 Å². The van der Waals surface area contributed by atoms with Crippen LogP contribution in [-0.2, 0) is 11.0 Å². The Morgan fingerprint density at radius 1 is 0.778 bits per heavy atom. The molecule has 0 radical (unpaired) electrons. The van der Waals surface area contributed by atoms with E-state index in [9.17, 15) is 15.4 Å². The summed E-state index contributed by atoms with van der Waals surface area (Å²) < 4.78 is 0.00579. The molecule has 0 aromatic heterocycles. The van der Waals surface area contributed by atoms with E-state index in [1.54, 1.807) is 0 Å². The fourth-order valence-electron chi connectivity index (χ4n) is 5.66. The van der Waals surface area contributed by atoms with E-state index < -0.39 is 11.7 Å². The summed E-state index contributed by atoms with van der Waals surface area (Å²) in [6, 6.07) is 28.1. The summed E-state index contributed by atoms with van der Waals surface area (Å²) in [6.45, 7) is 8.37. The molecule has 1 saturated heterocycles. The lowest BCUT2D eigenvalue weighted by Crippen LogP contribution is -2.54. The van der Waals surface area contributed by atoms with Crippen LogP contribution in [0.3, 0.4) is 0 Å². The van der Waals surface area contributed by atoms with Gasteiger partial charge in [-0.2, -0.15) is 4.65 Å². The molecule has 36 heavy (non-hydrogen) atoms. The fourth-order valence-corrected chi connectivity index (χ4v) is 5.66. The maximum absolute atomic E-state index is 12.1. The first kappa shape index (κ1) is 26.6. The van der Waals surface area contributed by atoms with Gasteiger partial charge in [-0.05, 0) is 34.1 Å². The van der Waals surface area contributed by atoms with Gasteiger partial charge in [0, 0.05) is 25.2 Å². The predicted octanol–water partition coefficient (Wildman–Crippen LogP) is 6.35. The molecule has 1 aliphatic rings. The Bertz CT molecular complexity index is 1040. The van der Waals surface area contributed by atoms with Crippen molar-refractivity contribution < 1.29 is 20.1 Å². The molecule has 0 spiro atoms. The van der Waals surface area contributed by atoms with Crippen LogP contribution in [0.5, 0.6) is 0 Å². The van der Waals surface area contributed by atoms with Crippen molar-refractivity contribution in [1.29, 1.82) is 0 Å². The zero-order valence-corrected chi connectivity index (χ0v) is 22.0. The van der Waals surface area contributed by atoms with Gasteiger partial charge in [-0.1, -0.05) is 106 Å². The first-order valence-corrected chi connectivity index (χ1v) is 13.3. The van der Waals surface area contributed by atoms with Gasteiger partial charge in [-0.3, -0.25) is 0 Å². The third-order valence-corrected chi connectivity index (χ3v) is 8.02. The highest BCUT2D eigenvalue weighted by Gasteiger charge is 2.45. The zero-order chi connectivity index (χ0) is 25.8. The molecule has 4 rings (SSSR count). The number of aliphatic hydroxyl groups excluding tert-OH is 1. The van der Waals surface area contributed by atoms with Crippen molar-refractivity contribution in [1.82, 2.24) is 0 Å². The molecule has 4 heteroatoms. The number of hydrogen-bond donors (Lipinski definition) is 3. The molecule has 3 aromatic rings. The first-order chi connectivity index (χ1) is 17.1. The van der Waals surface area contributed by atoms with E-state index in [1.807, 2.05) is 72.8 Å². The van der Waals surface area contributed by atoms with E-state index in [2.05, 4.69) is 32.9 Å². The van der Waals surface area contributed by atoms with Crippen LogP contribution in [0.2, 0.25) is 0 Å². The lowest BCUT2D eigenvalue weighted by molar-refractivity contribution is -1.11. The number of benzene rings is 3. The molecule has 192 valence electrons. The van der Waals surface area contributed by atoms with E-state index in [1.165, 1.54) is 5.56 Å². The smallest absolute Gasteiger partial charge is 0.118 e. The molecule has 1 aliphatic heterocycles. The summed E-state index contributed by atoms with van der Waals surface area (Å²) in [5, 5.41) is 34.1. The maximum Gasteiger partial charge on any atom is 0.118 e. The van der Waals surface area contributed by atoms with E-state index in [-0.39, 0.29) is 16.0 Å². The molecule has 0 bridgehead atoms. The molecule has 0 unspecified atom stereocenters. The normalized spacial score (nSPS) is 21.8. The molecular weight excluding hydrogens is 446 g/mol. The number of nitrogens with zero attached hydrogens (tertiary/aromatic N) is 1. The highest BCUT2D eigenvalue weighted by atomic mass is 16.5. The number of hydrogen-bond acceptors (Lipinski definition) is 3. The second-order valence-electron chi connectivity index (χ2n) is 11.6. The second-order valence-corrected chi connectivity index (χ2v) is 11.6. The second kappa shape index (κ2) is 10.9. The Balaban J connectivity index is 1.36. The Morgan fingerprint density at radius 3 is 1.75 bits per heavy atom. The standard InChI is InChI=1S/C32H42NO3/c1-31(2,3)26-18-16-25(17-19-26)30(34)15-10-22-33(36)23-20-29(21-24-33)32(35,27-11-6-4-7-12-27)28-13-8-5-9-14-28/h4-9,11-14,16-19,29-30,34-36H,10,15,20-24H2,1-3H3/q+1/t29?,30-,33?/m1/s1. The minimum atomic E-state index is -1.08. The van der Waals surface area contributed by atoms with Crippen molar-refractivity contribution in [2.75, 3.05) is 19.6 Å². The number of hydroxylamine groups is 3. The summed E-state index contributed by atoms with van der Waals surface area (Å²) >= 11 is 0. The van der Waals surface area contributed by atoms with Crippen LogP contribution in [0.15, 0.2) is 84.9 Å². The minimum absolute atomic E-state index is 0.00579. The van der Waals surface area contributed by atoms with Crippen molar-refractivity contribution in [3.8, 4) is 0 Å². The number of piperidine rings is 1. The summed E-state index contributed by atoms with van der Waals surface area (Å²) in [7, 11) is 0. The van der Waals surface area contributed by atoms with Crippen molar-refractivity contribution in [2.45, 2.75) is 63.6 Å². The Morgan fingerprint density at radius 2 is 1.28 bits per heavy atom. The van der Waals surface area contributed by atoms with Crippen LogP contribution in [0.25, 0.3) is 0 Å². The van der Waals surface area contributed by atoms with Crippen molar-refractivity contribution >= 4 is 0 Å². The monoisotopic (exact) mass is 488 g/mol. The molecule has 0 amide bonds. The van der Waals surface area contributed by atoms with E-state index >= 15 is 0 Å². The van der Waals surface area contributed by atoms with Crippen LogP contribution in [-0.4, -0.2) is 39.7 Å². The highest BCUT2D eigenvalue weighted by Crippen LogP contribution is 2.42. The van der Waals surface area contributed by atoms with Gasteiger partial charge in [0.2, 0.25) is 0 Å². The molecule has 0 saturated carbocycles. The number of rotatable bonds is 8. The predicted molar refractivity (Wildman–Crippen MR) is 145 cm³/mol. The van der Waals surface area contributed by atoms with Gasteiger partial charge in [0.25, 0.3) is 0 Å². The zero-order valence-electron chi connectivity index (χ0n) is 22.0. The molecule has 3 N–H and O–H groups in total. The average Bonchev–Trinajstić information content (AvgIpc) is 2.89. The van der Waals surface area contributed by atoms with Gasteiger partial charge in [0.15, 0.2) is 0 Å². The molecule has 1 fully saturated rings. The molecular formula is C32H42NO3+. The molecule has 1 heterocycles. The third-order valence-electron chi connectivity index (χ3n) is 8.02. The van der Waals surface area contributed by atoms with Gasteiger partial charge in [0.1, 0.15) is 25.2 Å². The summed E-state index contributed by atoms with van der Waals surface area (Å²) in [6.07, 6.45) is 2.30. The van der Waals surface area contributed by atoms with Crippen LogP contribution < -0.4 is 0 Å². The first-order valence-electron chi connectivity index (χ1n) is 13.3. The summed E-state index contributed by atoms with van der Waals surface area (Å²) in [5.41, 5.74) is 3.01. The molecule has 3 aromatic carbocycles. The quantitative estimate of drug-likeness (QED) is 0.324. The Kier molecular flexibility index (Phi) is 8.01. The number of aliphatic hydroxyl groups is 2. The highest BCUT2D eigenvalue weighted by molar-refractivity contribution is 5.37. The van der Waals surface area contributed by atoms with Gasteiger partial charge < -0.3 is 10.2 Å². The molecule has 0 aliphatic carbocycles. The number of likely N-dealkylation sites (tertiary alicyclic amines) is 1. The topological polar surface area (TPSA) is 60.7 Å². The van der Waals surface area contributed by atoms with E-state index in [0.717, 1.165) is 36.0 Å². The molecule has 1 atom stereocenters. The van der Waals surface area contributed by atoms with Crippen LogP contribution >= 0.6 is 0 Å². The lowest BCUT2D eigenvalue weighted by atomic mass is 9.72. The van der Waals surface area contributed by atoms with Gasteiger partial charge in [-0.15, -0.1) is 0 Å².